The molecule has 3 N–H and O–H groups in total. The van der Waals surface area contributed by atoms with Crippen molar-refractivity contribution in [2.24, 2.45) is 5.73 Å². The van der Waals surface area contributed by atoms with Crippen LogP contribution >= 0.6 is 0 Å². The van der Waals surface area contributed by atoms with Gasteiger partial charge in [-0.25, -0.2) is 18.4 Å². The predicted octanol–water partition coefficient (Wildman–Crippen LogP) is 3.76. The van der Waals surface area contributed by atoms with Crippen molar-refractivity contribution in [2.45, 2.75) is 11.8 Å². The minimum absolute atomic E-state index is 0.108. The summed E-state index contributed by atoms with van der Waals surface area (Å²) in [6, 6.07) is 15.3. The summed E-state index contributed by atoms with van der Waals surface area (Å²) < 4.78 is 24.7. The highest BCUT2D eigenvalue weighted by molar-refractivity contribution is 7.90. The molecule has 4 rings (SSSR count). The number of carbonyl (C=O) groups excluding carboxylic acids is 1. The highest BCUT2D eigenvalue weighted by atomic mass is 32.2. The number of nitrogens with zero attached hydrogens (tertiary/aromatic N) is 3. The van der Waals surface area contributed by atoms with Crippen LogP contribution in [0, 0.1) is 6.92 Å². The van der Waals surface area contributed by atoms with Crippen molar-refractivity contribution in [1.82, 2.24) is 15.0 Å². The number of nitrogens with two attached hydrogens (primary N) is 1. The molecule has 9 heteroatoms. The van der Waals surface area contributed by atoms with E-state index in [0.29, 0.717) is 28.5 Å². The Bertz CT molecular complexity index is 1450. The van der Waals surface area contributed by atoms with Crippen molar-refractivity contribution in [1.29, 1.82) is 0 Å². The average molecular weight is 460 g/mol. The number of rotatable bonds is 6. The molecule has 0 spiro atoms. The Morgan fingerprint density at radius 3 is 2.52 bits per heavy atom. The van der Waals surface area contributed by atoms with Crippen LogP contribution in [0.4, 0.5) is 11.6 Å². The lowest BCUT2D eigenvalue weighted by Crippen LogP contribution is -2.12. The molecule has 0 radical (unpaired) electrons. The van der Waals surface area contributed by atoms with Gasteiger partial charge in [0.25, 0.3) is 0 Å². The number of anilines is 2. The van der Waals surface area contributed by atoms with E-state index in [-0.39, 0.29) is 10.5 Å². The largest absolute Gasteiger partial charge is 0.366 e. The molecule has 0 aliphatic carbocycles. The van der Waals surface area contributed by atoms with Crippen LogP contribution in [-0.4, -0.2) is 35.5 Å². The van der Waals surface area contributed by atoms with Gasteiger partial charge in [-0.2, -0.15) is 0 Å². The monoisotopic (exact) mass is 459 g/mol. The fraction of sp³-hybridized carbons (Fsp3) is 0.0833. The van der Waals surface area contributed by atoms with Crippen LogP contribution in [0.3, 0.4) is 0 Å². The van der Waals surface area contributed by atoms with Gasteiger partial charge in [-0.15, -0.1) is 0 Å². The molecule has 0 saturated heterocycles. The van der Waals surface area contributed by atoms with Crippen LogP contribution in [0.15, 0.2) is 78.1 Å². The molecule has 33 heavy (non-hydrogen) atoms. The lowest BCUT2D eigenvalue weighted by molar-refractivity contribution is 0.1000. The summed E-state index contributed by atoms with van der Waals surface area (Å²) in [5, 5.41) is 3.20. The third kappa shape index (κ3) is 4.88. The molecule has 0 unspecified atom stereocenters. The predicted molar refractivity (Wildman–Crippen MR) is 127 cm³/mol. The standard InChI is InChI=1S/C24H21N5O3S/c1-15-5-6-16(19-12-17(23(25)30)7-8-22(19)33(2,31)32)13-21(15)29-24-27-11-9-20(28-24)18-4-3-10-26-14-18/h3-14H,1-2H3,(H2,25,30)(H,27,28,29). The molecule has 2 aromatic heterocycles. The number of aryl methyl sites for hydroxylation is 1. The van der Waals surface area contributed by atoms with Gasteiger partial charge >= 0.3 is 0 Å². The molecule has 0 saturated carbocycles. The van der Waals surface area contributed by atoms with E-state index < -0.39 is 15.7 Å². The highest BCUT2D eigenvalue weighted by Gasteiger charge is 2.18. The van der Waals surface area contributed by atoms with Crippen LogP contribution in [0.5, 0.6) is 0 Å². The lowest BCUT2D eigenvalue weighted by atomic mass is 10.0. The normalized spacial score (nSPS) is 11.2. The Morgan fingerprint density at radius 2 is 1.82 bits per heavy atom. The topological polar surface area (TPSA) is 128 Å². The molecule has 0 bridgehead atoms. The molecule has 2 heterocycles. The van der Waals surface area contributed by atoms with Crippen LogP contribution in [0.2, 0.25) is 0 Å². The summed E-state index contributed by atoms with van der Waals surface area (Å²) in [5.74, 6) is -0.256. The van der Waals surface area contributed by atoms with Crippen molar-refractivity contribution < 1.29 is 13.2 Å². The second-order valence-corrected chi connectivity index (χ2v) is 9.49. The van der Waals surface area contributed by atoms with Gasteiger partial charge in [-0.3, -0.25) is 9.78 Å². The smallest absolute Gasteiger partial charge is 0.248 e. The number of sulfone groups is 1. The molecule has 0 fully saturated rings. The Morgan fingerprint density at radius 1 is 1.00 bits per heavy atom. The molecule has 8 nitrogen and oxygen atoms in total. The zero-order chi connectivity index (χ0) is 23.6. The number of amides is 1. The quantitative estimate of drug-likeness (QED) is 0.449. The molecule has 2 aromatic carbocycles. The summed E-state index contributed by atoms with van der Waals surface area (Å²) >= 11 is 0. The first-order chi connectivity index (χ1) is 15.7. The number of pyridine rings is 1. The van der Waals surface area contributed by atoms with Gasteiger partial charge in [-0.05, 0) is 60.5 Å². The number of hydrogen-bond acceptors (Lipinski definition) is 7. The van der Waals surface area contributed by atoms with Crippen molar-refractivity contribution in [3.8, 4) is 22.4 Å². The summed E-state index contributed by atoms with van der Waals surface area (Å²) in [6.45, 7) is 1.91. The van der Waals surface area contributed by atoms with E-state index in [2.05, 4.69) is 20.3 Å². The molecule has 4 aromatic rings. The second-order valence-electron chi connectivity index (χ2n) is 7.51. The molecular formula is C24H21N5O3S. The van der Waals surface area contributed by atoms with Crippen molar-refractivity contribution in [3.05, 3.63) is 84.3 Å². The molecule has 0 atom stereocenters. The molecule has 0 aliphatic heterocycles. The van der Waals surface area contributed by atoms with Crippen LogP contribution in [0.25, 0.3) is 22.4 Å². The minimum atomic E-state index is -3.55. The summed E-state index contributed by atoms with van der Waals surface area (Å²) in [5.41, 5.74) is 9.80. The van der Waals surface area contributed by atoms with E-state index >= 15 is 0 Å². The van der Waals surface area contributed by atoms with Crippen molar-refractivity contribution >= 4 is 27.4 Å². The minimum Gasteiger partial charge on any atom is -0.366 e. The fourth-order valence-corrected chi connectivity index (χ4v) is 4.26. The van der Waals surface area contributed by atoms with Crippen LogP contribution in [-0.2, 0) is 9.84 Å². The summed E-state index contributed by atoms with van der Waals surface area (Å²) in [6.07, 6.45) is 6.18. The SMILES string of the molecule is Cc1ccc(-c2cc(C(N)=O)ccc2S(C)(=O)=O)cc1Nc1nccc(-c2cccnc2)n1. The van der Waals surface area contributed by atoms with E-state index in [4.69, 9.17) is 5.73 Å². The number of primary amides is 1. The van der Waals surface area contributed by atoms with Gasteiger partial charge in [0, 0.05) is 47.2 Å². The Kier molecular flexibility index (Phi) is 5.89. The summed E-state index contributed by atoms with van der Waals surface area (Å²) in [7, 11) is -3.55. The number of hydrogen-bond donors (Lipinski definition) is 2. The van der Waals surface area contributed by atoms with E-state index in [1.165, 1.54) is 18.2 Å². The number of aromatic nitrogens is 3. The van der Waals surface area contributed by atoms with Gasteiger partial charge in [0.1, 0.15) is 0 Å². The van der Waals surface area contributed by atoms with Gasteiger partial charge < -0.3 is 11.1 Å². The van der Waals surface area contributed by atoms with E-state index in [9.17, 15) is 13.2 Å². The van der Waals surface area contributed by atoms with Gasteiger partial charge in [0.15, 0.2) is 9.84 Å². The Labute approximate surface area is 191 Å². The first-order valence-electron chi connectivity index (χ1n) is 9.98. The Balaban J connectivity index is 1.76. The maximum atomic E-state index is 12.4. The van der Waals surface area contributed by atoms with Gasteiger partial charge in [0.2, 0.25) is 11.9 Å². The number of carbonyl (C=O) groups is 1. The molecular weight excluding hydrogens is 438 g/mol. The van der Waals surface area contributed by atoms with Gasteiger partial charge in [0.05, 0.1) is 10.6 Å². The molecule has 1 amide bonds. The Hall–Kier alpha value is -4.11. The highest BCUT2D eigenvalue weighted by Crippen LogP contribution is 2.32. The van der Waals surface area contributed by atoms with Crippen LogP contribution in [0.1, 0.15) is 15.9 Å². The van der Waals surface area contributed by atoms with E-state index in [1.807, 2.05) is 25.1 Å². The third-order valence-corrected chi connectivity index (χ3v) is 6.23. The molecule has 166 valence electrons. The van der Waals surface area contributed by atoms with E-state index in [1.54, 1.807) is 36.8 Å². The van der Waals surface area contributed by atoms with Crippen LogP contribution < -0.4 is 11.1 Å². The maximum Gasteiger partial charge on any atom is 0.248 e. The third-order valence-electron chi connectivity index (χ3n) is 5.07. The second kappa shape index (κ2) is 8.79. The number of benzene rings is 2. The summed E-state index contributed by atoms with van der Waals surface area (Å²) in [4.78, 5) is 24.8. The van der Waals surface area contributed by atoms with Crippen molar-refractivity contribution in [3.63, 3.8) is 0 Å². The first-order valence-corrected chi connectivity index (χ1v) is 11.9. The fourth-order valence-electron chi connectivity index (χ4n) is 3.37. The van der Waals surface area contributed by atoms with E-state index in [0.717, 1.165) is 17.4 Å². The zero-order valence-corrected chi connectivity index (χ0v) is 18.8. The number of nitrogens with one attached hydrogen (secondary N) is 1. The zero-order valence-electron chi connectivity index (χ0n) is 18.0. The van der Waals surface area contributed by atoms with Crippen molar-refractivity contribution in [2.75, 3.05) is 11.6 Å². The maximum absolute atomic E-state index is 12.4. The molecule has 0 aliphatic rings. The lowest BCUT2D eigenvalue weighted by Gasteiger charge is -2.14. The first kappa shape index (κ1) is 22.1. The average Bonchev–Trinajstić information content (AvgIpc) is 2.80. The van der Waals surface area contributed by atoms with Gasteiger partial charge in [-0.1, -0.05) is 12.1 Å².